The largest absolute Gasteiger partial charge is 0.370 e. The van der Waals surface area contributed by atoms with Gasteiger partial charge in [0.2, 0.25) is 11.8 Å². The zero-order chi connectivity index (χ0) is 12.8. The molecule has 0 spiro atoms. The van der Waals surface area contributed by atoms with E-state index < -0.39 is 5.91 Å². The summed E-state index contributed by atoms with van der Waals surface area (Å²) in [6, 6.07) is 7.46. The number of hydrogen-bond donors (Lipinski definition) is 2. The van der Waals surface area contributed by atoms with Crippen molar-refractivity contribution in [3.05, 3.63) is 29.8 Å². The standard InChI is InChI=1S/C12H17N3O2/c1-9-3-2-4-10(7-9)15(12(17)8-13)6-5-11(14)16/h2-4,7H,5-6,8,13H2,1H3,(H2,14,16). The van der Waals surface area contributed by atoms with Crippen LogP contribution in [0.25, 0.3) is 0 Å². The highest BCUT2D eigenvalue weighted by Gasteiger charge is 2.14. The van der Waals surface area contributed by atoms with Crippen molar-refractivity contribution in [2.45, 2.75) is 13.3 Å². The Morgan fingerprint density at radius 2 is 2.06 bits per heavy atom. The van der Waals surface area contributed by atoms with Crippen molar-refractivity contribution in [2.24, 2.45) is 11.5 Å². The molecular formula is C12H17N3O2. The molecule has 0 unspecified atom stereocenters. The Morgan fingerprint density at radius 3 is 2.59 bits per heavy atom. The Morgan fingerprint density at radius 1 is 1.35 bits per heavy atom. The molecule has 5 nitrogen and oxygen atoms in total. The van der Waals surface area contributed by atoms with E-state index in [4.69, 9.17) is 11.5 Å². The number of nitrogens with zero attached hydrogens (tertiary/aromatic N) is 1. The van der Waals surface area contributed by atoms with Crippen LogP contribution in [0.4, 0.5) is 5.69 Å². The summed E-state index contributed by atoms with van der Waals surface area (Å²) in [6.07, 6.45) is 0.125. The number of benzene rings is 1. The predicted octanol–water partition coefficient (Wildman–Crippen LogP) is 0.162. The molecule has 0 bridgehead atoms. The molecule has 0 saturated carbocycles. The molecule has 0 aromatic heterocycles. The molecule has 0 fully saturated rings. The molecular weight excluding hydrogens is 218 g/mol. The molecule has 5 heteroatoms. The van der Waals surface area contributed by atoms with E-state index in [-0.39, 0.29) is 25.4 Å². The van der Waals surface area contributed by atoms with Gasteiger partial charge in [-0.3, -0.25) is 9.59 Å². The molecule has 0 saturated heterocycles. The van der Waals surface area contributed by atoms with Gasteiger partial charge in [-0.1, -0.05) is 12.1 Å². The topological polar surface area (TPSA) is 89.4 Å². The summed E-state index contributed by atoms with van der Waals surface area (Å²) in [6.45, 7) is 2.10. The van der Waals surface area contributed by atoms with Crippen LogP contribution in [0.3, 0.4) is 0 Å². The van der Waals surface area contributed by atoms with E-state index in [1.165, 1.54) is 4.90 Å². The summed E-state index contributed by atoms with van der Waals surface area (Å²) < 4.78 is 0. The first-order chi connectivity index (χ1) is 8.04. The van der Waals surface area contributed by atoms with E-state index in [2.05, 4.69) is 0 Å². The number of rotatable bonds is 5. The molecule has 0 aliphatic heterocycles. The van der Waals surface area contributed by atoms with Gasteiger partial charge in [0.25, 0.3) is 0 Å². The van der Waals surface area contributed by atoms with E-state index >= 15 is 0 Å². The van der Waals surface area contributed by atoms with E-state index in [0.717, 1.165) is 11.3 Å². The zero-order valence-corrected chi connectivity index (χ0v) is 9.85. The van der Waals surface area contributed by atoms with Crippen molar-refractivity contribution in [3.63, 3.8) is 0 Å². The SMILES string of the molecule is Cc1cccc(N(CCC(N)=O)C(=O)CN)c1. The Kier molecular flexibility index (Phi) is 4.66. The maximum atomic E-state index is 11.7. The fourth-order valence-corrected chi connectivity index (χ4v) is 1.53. The number of carbonyl (C=O) groups is 2. The molecule has 2 amide bonds. The van der Waals surface area contributed by atoms with E-state index in [1.807, 2.05) is 31.2 Å². The predicted molar refractivity (Wildman–Crippen MR) is 66.4 cm³/mol. The lowest BCUT2D eigenvalue weighted by atomic mass is 10.2. The van der Waals surface area contributed by atoms with Crippen molar-refractivity contribution < 1.29 is 9.59 Å². The smallest absolute Gasteiger partial charge is 0.240 e. The Hall–Kier alpha value is -1.88. The summed E-state index contributed by atoms with van der Waals surface area (Å²) in [7, 11) is 0. The molecule has 1 rings (SSSR count). The van der Waals surface area contributed by atoms with Crippen molar-refractivity contribution in [2.75, 3.05) is 18.0 Å². The first kappa shape index (κ1) is 13.2. The molecule has 0 radical (unpaired) electrons. The first-order valence-corrected chi connectivity index (χ1v) is 5.40. The molecule has 0 aliphatic carbocycles. The third-order valence-corrected chi connectivity index (χ3v) is 2.37. The molecule has 1 aromatic rings. The number of carbonyl (C=O) groups excluding carboxylic acids is 2. The maximum absolute atomic E-state index is 11.7. The van der Waals surface area contributed by atoms with E-state index in [1.54, 1.807) is 0 Å². The lowest BCUT2D eigenvalue weighted by Gasteiger charge is -2.22. The highest BCUT2D eigenvalue weighted by atomic mass is 16.2. The van der Waals surface area contributed by atoms with Crippen LogP contribution < -0.4 is 16.4 Å². The molecule has 0 heterocycles. The number of aryl methyl sites for hydroxylation is 1. The zero-order valence-electron chi connectivity index (χ0n) is 9.85. The fourth-order valence-electron chi connectivity index (χ4n) is 1.53. The van der Waals surface area contributed by atoms with Crippen molar-refractivity contribution in [1.82, 2.24) is 0 Å². The average molecular weight is 235 g/mol. The van der Waals surface area contributed by atoms with Crippen LogP contribution in [0.1, 0.15) is 12.0 Å². The second-order valence-electron chi connectivity index (χ2n) is 3.80. The summed E-state index contributed by atoms with van der Waals surface area (Å²) in [5.41, 5.74) is 12.2. The van der Waals surface area contributed by atoms with E-state index in [0.29, 0.717) is 0 Å². The lowest BCUT2D eigenvalue weighted by Crippen LogP contribution is -2.38. The van der Waals surface area contributed by atoms with Gasteiger partial charge >= 0.3 is 0 Å². The summed E-state index contributed by atoms with van der Waals surface area (Å²) in [5, 5.41) is 0. The van der Waals surface area contributed by atoms with Crippen LogP contribution in [0, 0.1) is 6.92 Å². The van der Waals surface area contributed by atoms with Gasteiger partial charge in [0.15, 0.2) is 0 Å². The monoisotopic (exact) mass is 235 g/mol. The molecule has 1 aromatic carbocycles. The van der Waals surface area contributed by atoms with Gasteiger partial charge in [-0.25, -0.2) is 0 Å². The Balaban J connectivity index is 2.89. The number of nitrogens with two attached hydrogens (primary N) is 2. The minimum atomic E-state index is -0.438. The number of primary amides is 1. The molecule has 17 heavy (non-hydrogen) atoms. The quantitative estimate of drug-likeness (QED) is 0.762. The lowest BCUT2D eigenvalue weighted by molar-refractivity contribution is -0.118. The second kappa shape index (κ2) is 6.00. The minimum absolute atomic E-state index is 0.0906. The summed E-state index contributed by atoms with van der Waals surface area (Å²) in [4.78, 5) is 23.9. The van der Waals surface area contributed by atoms with Crippen molar-refractivity contribution >= 4 is 17.5 Å². The van der Waals surface area contributed by atoms with Gasteiger partial charge in [0.05, 0.1) is 6.54 Å². The third kappa shape index (κ3) is 3.88. The highest BCUT2D eigenvalue weighted by molar-refractivity contribution is 5.95. The minimum Gasteiger partial charge on any atom is -0.370 e. The first-order valence-electron chi connectivity index (χ1n) is 5.40. The van der Waals surface area contributed by atoms with Crippen LogP contribution in [0.15, 0.2) is 24.3 Å². The van der Waals surface area contributed by atoms with Crippen LogP contribution >= 0.6 is 0 Å². The van der Waals surface area contributed by atoms with Crippen molar-refractivity contribution in [1.29, 1.82) is 0 Å². The molecule has 0 aliphatic rings. The van der Waals surface area contributed by atoms with Gasteiger partial charge in [-0.15, -0.1) is 0 Å². The second-order valence-corrected chi connectivity index (χ2v) is 3.80. The van der Waals surface area contributed by atoms with Gasteiger partial charge in [-0.05, 0) is 24.6 Å². The van der Waals surface area contributed by atoms with Crippen LogP contribution in [0.5, 0.6) is 0 Å². The summed E-state index contributed by atoms with van der Waals surface area (Å²) in [5.74, 6) is -0.663. The van der Waals surface area contributed by atoms with Crippen LogP contribution in [0.2, 0.25) is 0 Å². The van der Waals surface area contributed by atoms with E-state index in [9.17, 15) is 9.59 Å². The third-order valence-electron chi connectivity index (χ3n) is 2.37. The average Bonchev–Trinajstić information content (AvgIpc) is 2.28. The molecule has 92 valence electrons. The maximum Gasteiger partial charge on any atom is 0.240 e. The van der Waals surface area contributed by atoms with Gasteiger partial charge in [-0.2, -0.15) is 0 Å². The highest BCUT2D eigenvalue weighted by Crippen LogP contribution is 2.16. The fraction of sp³-hybridized carbons (Fsp3) is 0.333. The molecule has 0 atom stereocenters. The van der Waals surface area contributed by atoms with Gasteiger partial charge in [0.1, 0.15) is 0 Å². The number of amides is 2. The Labute approximate surface area is 100 Å². The van der Waals surface area contributed by atoms with Gasteiger partial charge < -0.3 is 16.4 Å². The molecule has 4 N–H and O–H groups in total. The summed E-state index contributed by atoms with van der Waals surface area (Å²) >= 11 is 0. The van der Waals surface area contributed by atoms with Crippen molar-refractivity contribution in [3.8, 4) is 0 Å². The normalized spacial score (nSPS) is 10.0. The number of hydrogen-bond acceptors (Lipinski definition) is 3. The van der Waals surface area contributed by atoms with Crippen LogP contribution in [-0.4, -0.2) is 24.9 Å². The van der Waals surface area contributed by atoms with Crippen LogP contribution in [-0.2, 0) is 9.59 Å². The Bertz CT molecular complexity index is 418. The number of anilines is 1. The van der Waals surface area contributed by atoms with Gasteiger partial charge in [0, 0.05) is 18.7 Å².